The Labute approximate surface area is 71.0 Å². The van der Waals surface area contributed by atoms with Crippen LogP contribution < -0.4 is 10.0 Å². The summed E-state index contributed by atoms with van der Waals surface area (Å²) in [4.78, 5) is 10.0. The van der Waals surface area contributed by atoms with Crippen molar-refractivity contribution in [3.8, 4) is 0 Å². The van der Waals surface area contributed by atoms with Crippen molar-refractivity contribution in [3.05, 3.63) is 0 Å². The quantitative estimate of drug-likeness (QED) is 0.500. The lowest BCUT2D eigenvalue weighted by Crippen LogP contribution is -2.41. The van der Waals surface area contributed by atoms with Gasteiger partial charge >= 0.3 is 5.97 Å². The van der Waals surface area contributed by atoms with E-state index in [9.17, 15) is 13.2 Å². The van der Waals surface area contributed by atoms with Crippen LogP contribution >= 0.6 is 0 Å². The van der Waals surface area contributed by atoms with E-state index in [1.807, 2.05) is 4.72 Å². The van der Waals surface area contributed by atoms with Crippen LogP contribution in [0.1, 0.15) is 6.92 Å². The molecule has 0 saturated carbocycles. The third kappa shape index (κ3) is 3.65. The SMILES string of the molecule is CNC(C)S(=O)(=O)NCC(=O)O. The number of carboxylic acids is 1. The Morgan fingerprint density at radius 1 is 1.58 bits per heavy atom. The van der Waals surface area contributed by atoms with Gasteiger partial charge in [-0.15, -0.1) is 0 Å². The second-order valence-corrected chi connectivity index (χ2v) is 4.28. The van der Waals surface area contributed by atoms with Crippen LogP contribution in [0.5, 0.6) is 0 Å². The first-order valence-electron chi connectivity index (χ1n) is 3.27. The molecule has 3 N–H and O–H groups in total. The van der Waals surface area contributed by atoms with E-state index in [4.69, 9.17) is 5.11 Å². The lowest BCUT2D eigenvalue weighted by atomic mass is 10.7. The van der Waals surface area contributed by atoms with E-state index in [0.29, 0.717) is 0 Å². The molecule has 0 aromatic carbocycles. The number of aliphatic carboxylic acids is 1. The lowest BCUT2D eigenvalue weighted by Gasteiger charge is -2.10. The van der Waals surface area contributed by atoms with Gasteiger partial charge in [0.15, 0.2) is 0 Å². The summed E-state index contributed by atoms with van der Waals surface area (Å²) in [6.07, 6.45) is 0. The Bertz CT molecular complexity index is 248. The predicted molar refractivity (Wildman–Crippen MR) is 43.1 cm³/mol. The second kappa shape index (κ2) is 4.39. The van der Waals surface area contributed by atoms with Crippen LogP contribution in [0.15, 0.2) is 0 Å². The molecule has 1 atom stereocenters. The van der Waals surface area contributed by atoms with Crippen molar-refractivity contribution in [2.75, 3.05) is 13.6 Å². The fourth-order valence-corrected chi connectivity index (χ4v) is 1.33. The Morgan fingerprint density at radius 2 is 2.08 bits per heavy atom. The molecule has 0 aliphatic rings. The van der Waals surface area contributed by atoms with Crippen LogP contribution in [0.4, 0.5) is 0 Å². The maximum Gasteiger partial charge on any atom is 0.318 e. The van der Waals surface area contributed by atoms with Crippen molar-refractivity contribution in [2.45, 2.75) is 12.3 Å². The average molecular weight is 196 g/mol. The number of hydrogen-bond acceptors (Lipinski definition) is 4. The van der Waals surface area contributed by atoms with Gasteiger partial charge in [0, 0.05) is 0 Å². The van der Waals surface area contributed by atoms with Crippen LogP contribution in [0, 0.1) is 0 Å². The molecule has 72 valence electrons. The first-order chi connectivity index (χ1) is 5.40. The maximum absolute atomic E-state index is 11.0. The minimum atomic E-state index is -3.55. The molecule has 0 aliphatic carbocycles. The molecule has 0 rings (SSSR count). The monoisotopic (exact) mass is 196 g/mol. The van der Waals surface area contributed by atoms with Gasteiger partial charge in [0.05, 0.1) is 0 Å². The van der Waals surface area contributed by atoms with Crippen molar-refractivity contribution in [1.29, 1.82) is 0 Å². The van der Waals surface area contributed by atoms with Gasteiger partial charge in [-0.05, 0) is 14.0 Å². The molecule has 0 aliphatic heterocycles. The lowest BCUT2D eigenvalue weighted by molar-refractivity contribution is -0.135. The summed E-state index contributed by atoms with van der Waals surface area (Å²) in [5.41, 5.74) is 0. The number of sulfonamides is 1. The molecule has 0 amide bonds. The van der Waals surface area contributed by atoms with Gasteiger partial charge in [-0.25, -0.2) is 13.1 Å². The van der Waals surface area contributed by atoms with Gasteiger partial charge in [-0.1, -0.05) is 0 Å². The molecule has 0 saturated heterocycles. The van der Waals surface area contributed by atoms with E-state index < -0.39 is 27.9 Å². The van der Waals surface area contributed by atoms with Crippen molar-refractivity contribution >= 4 is 16.0 Å². The van der Waals surface area contributed by atoms with Crippen molar-refractivity contribution < 1.29 is 18.3 Å². The second-order valence-electron chi connectivity index (χ2n) is 2.19. The Balaban J connectivity index is 4.15. The van der Waals surface area contributed by atoms with Crippen LogP contribution in [0.2, 0.25) is 0 Å². The molecule has 0 spiro atoms. The number of nitrogens with one attached hydrogen (secondary N) is 2. The summed E-state index contributed by atoms with van der Waals surface area (Å²) in [7, 11) is -2.07. The zero-order chi connectivity index (χ0) is 9.78. The first kappa shape index (κ1) is 11.3. The minimum Gasteiger partial charge on any atom is -0.480 e. The topological polar surface area (TPSA) is 95.5 Å². The highest BCUT2D eigenvalue weighted by atomic mass is 32.2. The van der Waals surface area contributed by atoms with Crippen LogP contribution in [-0.2, 0) is 14.8 Å². The molecule has 0 fully saturated rings. The third-order valence-corrected chi connectivity index (χ3v) is 3.01. The van der Waals surface area contributed by atoms with E-state index in [1.54, 1.807) is 0 Å². The minimum absolute atomic E-state index is 0.589. The molecule has 0 aromatic rings. The molecule has 0 aromatic heterocycles. The van der Waals surface area contributed by atoms with Crippen molar-refractivity contribution in [1.82, 2.24) is 10.0 Å². The Kier molecular flexibility index (Phi) is 4.15. The fourth-order valence-electron chi connectivity index (χ4n) is 0.442. The number of rotatable bonds is 5. The van der Waals surface area contributed by atoms with Gasteiger partial charge < -0.3 is 10.4 Å². The Hall–Kier alpha value is -0.660. The van der Waals surface area contributed by atoms with Gasteiger partial charge in [-0.2, -0.15) is 0 Å². The first-order valence-corrected chi connectivity index (χ1v) is 4.82. The van der Waals surface area contributed by atoms with Crippen LogP contribution in [0.3, 0.4) is 0 Å². The molecule has 6 nitrogen and oxygen atoms in total. The zero-order valence-electron chi connectivity index (χ0n) is 6.86. The van der Waals surface area contributed by atoms with E-state index in [-0.39, 0.29) is 0 Å². The van der Waals surface area contributed by atoms with E-state index in [2.05, 4.69) is 5.32 Å². The number of carbonyl (C=O) groups is 1. The average Bonchev–Trinajstić information content (AvgIpc) is 1.99. The van der Waals surface area contributed by atoms with Gasteiger partial charge in [0.2, 0.25) is 10.0 Å². The van der Waals surface area contributed by atoms with Crippen LogP contribution in [0.25, 0.3) is 0 Å². The maximum atomic E-state index is 11.0. The molecule has 12 heavy (non-hydrogen) atoms. The molecule has 1 unspecified atom stereocenters. The summed E-state index contributed by atoms with van der Waals surface area (Å²) in [5.74, 6) is -1.21. The van der Waals surface area contributed by atoms with E-state index >= 15 is 0 Å². The summed E-state index contributed by atoms with van der Waals surface area (Å²) >= 11 is 0. The number of carboxylic acid groups (broad SMARTS) is 1. The predicted octanol–water partition coefficient (Wildman–Crippen LogP) is -1.44. The normalized spacial score (nSPS) is 14.2. The van der Waals surface area contributed by atoms with E-state index in [1.165, 1.54) is 14.0 Å². The van der Waals surface area contributed by atoms with Gasteiger partial charge in [0.1, 0.15) is 11.9 Å². The molecule has 7 heteroatoms. The third-order valence-electron chi connectivity index (χ3n) is 1.30. The smallest absolute Gasteiger partial charge is 0.318 e. The molecule has 0 bridgehead atoms. The molecule has 0 heterocycles. The van der Waals surface area contributed by atoms with Crippen molar-refractivity contribution in [2.24, 2.45) is 0 Å². The summed E-state index contributed by atoms with van der Waals surface area (Å²) in [6, 6.07) is 0. The highest BCUT2D eigenvalue weighted by Crippen LogP contribution is 1.91. The molecular formula is C5H12N2O4S. The van der Waals surface area contributed by atoms with Crippen molar-refractivity contribution in [3.63, 3.8) is 0 Å². The standard InChI is InChI=1S/C5H12N2O4S/c1-4(6-2)12(10,11)7-3-5(8)9/h4,6-7H,3H2,1-2H3,(H,8,9). The summed E-state index contributed by atoms with van der Waals surface area (Å²) < 4.78 is 24.0. The van der Waals surface area contributed by atoms with Gasteiger partial charge in [-0.3, -0.25) is 4.79 Å². The highest BCUT2D eigenvalue weighted by molar-refractivity contribution is 7.90. The van der Waals surface area contributed by atoms with E-state index in [0.717, 1.165) is 0 Å². The highest BCUT2D eigenvalue weighted by Gasteiger charge is 2.18. The number of hydrogen-bond donors (Lipinski definition) is 3. The zero-order valence-corrected chi connectivity index (χ0v) is 7.68. The molecule has 0 radical (unpaired) electrons. The van der Waals surface area contributed by atoms with Crippen LogP contribution in [-0.4, -0.2) is 38.5 Å². The molecular weight excluding hydrogens is 184 g/mol. The largest absolute Gasteiger partial charge is 0.480 e. The summed E-state index contributed by atoms with van der Waals surface area (Å²) in [6.45, 7) is 0.832. The summed E-state index contributed by atoms with van der Waals surface area (Å²) in [5, 5.41) is 9.87. The fraction of sp³-hybridized carbons (Fsp3) is 0.800. The Morgan fingerprint density at radius 3 is 2.42 bits per heavy atom. The van der Waals surface area contributed by atoms with Gasteiger partial charge in [0.25, 0.3) is 0 Å².